The largest absolute Gasteiger partial charge is 0.490 e. The van der Waals surface area contributed by atoms with Crippen molar-refractivity contribution in [2.24, 2.45) is 5.92 Å². The van der Waals surface area contributed by atoms with Crippen LogP contribution in [0.1, 0.15) is 38.5 Å². The number of methoxy groups -OCH3 is 1. The minimum Gasteiger partial charge on any atom is -0.490 e. The molecule has 0 saturated heterocycles. The molecule has 0 amide bonds. The summed E-state index contributed by atoms with van der Waals surface area (Å²) in [5.41, 5.74) is 0.795. The highest BCUT2D eigenvalue weighted by molar-refractivity contribution is 5.58. The summed E-state index contributed by atoms with van der Waals surface area (Å²) in [6.07, 6.45) is 7.85. The van der Waals surface area contributed by atoms with Gasteiger partial charge in [0, 0.05) is 18.3 Å². The second-order valence-electron chi connectivity index (χ2n) is 5.36. The fourth-order valence-corrected chi connectivity index (χ4v) is 2.84. The summed E-state index contributed by atoms with van der Waals surface area (Å²) in [5, 5.41) is 14.2. The van der Waals surface area contributed by atoms with Gasteiger partial charge in [0.05, 0.1) is 12.0 Å². The maximum Gasteiger partial charge on any atom is 0.312 e. The lowest BCUT2D eigenvalue weighted by Crippen LogP contribution is -2.12. The lowest BCUT2D eigenvalue weighted by molar-refractivity contribution is -0.385. The van der Waals surface area contributed by atoms with E-state index < -0.39 is 4.92 Å². The zero-order valence-electron chi connectivity index (χ0n) is 11.9. The summed E-state index contributed by atoms with van der Waals surface area (Å²) < 4.78 is 4.99. The highest BCUT2D eigenvalue weighted by Crippen LogP contribution is 2.30. The Balaban J connectivity index is 1.89. The Bertz CT molecular complexity index is 456. The number of nitrogens with zero attached hydrogens (tertiary/aromatic N) is 1. The minimum atomic E-state index is -0.412. The zero-order chi connectivity index (χ0) is 14.4. The fraction of sp³-hybridized carbons (Fsp3) is 0.600. The molecule has 1 saturated carbocycles. The smallest absolute Gasteiger partial charge is 0.312 e. The molecule has 0 spiro atoms. The standard InChI is InChI=1S/C15H22N2O3/c1-20-15-8-7-13(11-14(15)17(18)19)16-10-9-12-5-3-2-4-6-12/h7-8,11-12,16H,2-6,9-10H2,1H3. The molecule has 0 aliphatic heterocycles. The summed E-state index contributed by atoms with van der Waals surface area (Å²) in [6.45, 7) is 0.869. The van der Waals surface area contributed by atoms with Gasteiger partial charge >= 0.3 is 5.69 Å². The number of hydrogen-bond acceptors (Lipinski definition) is 4. The molecule has 5 nitrogen and oxygen atoms in total. The SMILES string of the molecule is COc1ccc(NCCC2CCCCC2)cc1[N+](=O)[O-]. The van der Waals surface area contributed by atoms with Crippen molar-refractivity contribution in [2.75, 3.05) is 19.0 Å². The number of rotatable bonds is 6. The van der Waals surface area contributed by atoms with Gasteiger partial charge in [-0.1, -0.05) is 32.1 Å². The van der Waals surface area contributed by atoms with Gasteiger partial charge in [0.2, 0.25) is 0 Å². The molecular weight excluding hydrogens is 256 g/mol. The first-order chi connectivity index (χ1) is 9.70. The van der Waals surface area contributed by atoms with Gasteiger partial charge in [0.1, 0.15) is 0 Å². The molecule has 0 unspecified atom stereocenters. The van der Waals surface area contributed by atoms with Crippen LogP contribution in [0.4, 0.5) is 11.4 Å². The van der Waals surface area contributed by atoms with E-state index in [9.17, 15) is 10.1 Å². The van der Waals surface area contributed by atoms with E-state index in [2.05, 4.69) is 5.32 Å². The highest BCUT2D eigenvalue weighted by atomic mass is 16.6. The van der Waals surface area contributed by atoms with Crippen molar-refractivity contribution in [3.63, 3.8) is 0 Å². The van der Waals surface area contributed by atoms with E-state index in [0.29, 0.717) is 5.75 Å². The Kier molecular flexibility index (Phi) is 5.21. The molecule has 1 fully saturated rings. The van der Waals surface area contributed by atoms with Gasteiger partial charge in [-0.05, 0) is 24.5 Å². The molecule has 0 bridgehead atoms. The van der Waals surface area contributed by atoms with Crippen LogP contribution in [0.15, 0.2) is 18.2 Å². The number of nitro benzene ring substituents is 1. The molecule has 110 valence electrons. The predicted octanol–water partition coefficient (Wildman–Crippen LogP) is 3.99. The van der Waals surface area contributed by atoms with Crippen LogP contribution >= 0.6 is 0 Å². The maximum atomic E-state index is 11.0. The molecule has 0 heterocycles. The zero-order valence-corrected chi connectivity index (χ0v) is 11.9. The fourth-order valence-electron chi connectivity index (χ4n) is 2.84. The van der Waals surface area contributed by atoms with Crippen molar-refractivity contribution in [3.05, 3.63) is 28.3 Å². The number of hydrogen-bond donors (Lipinski definition) is 1. The normalized spacial score (nSPS) is 15.8. The Morgan fingerprint density at radius 2 is 2.10 bits per heavy atom. The summed E-state index contributed by atoms with van der Waals surface area (Å²) >= 11 is 0. The van der Waals surface area contributed by atoms with Crippen molar-refractivity contribution in [1.82, 2.24) is 0 Å². The van der Waals surface area contributed by atoms with E-state index in [-0.39, 0.29) is 5.69 Å². The third-order valence-corrected chi connectivity index (χ3v) is 3.98. The molecule has 0 radical (unpaired) electrons. The molecule has 0 atom stereocenters. The van der Waals surface area contributed by atoms with Crippen molar-refractivity contribution < 1.29 is 9.66 Å². The van der Waals surface area contributed by atoms with Gasteiger partial charge in [-0.2, -0.15) is 0 Å². The molecule has 1 N–H and O–H groups in total. The lowest BCUT2D eigenvalue weighted by Gasteiger charge is -2.21. The van der Waals surface area contributed by atoms with E-state index in [1.165, 1.54) is 39.2 Å². The molecule has 1 aliphatic rings. The van der Waals surface area contributed by atoms with Crippen LogP contribution in [0.5, 0.6) is 5.75 Å². The third-order valence-electron chi connectivity index (χ3n) is 3.98. The van der Waals surface area contributed by atoms with E-state index in [1.807, 2.05) is 6.07 Å². The van der Waals surface area contributed by atoms with Crippen molar-refractivity contribution >= 4 is 11.4 Å². The Labute approximate surface area is 119 Å². The van der Waals surface area contributed by atoms with Gasteiger partial charge in [-0.15, -0.1) is 0 Å². The van der Waals surface area contributed by atoms with E-state index in [1.54, 1.807) is 12.1 Å². The summed E-state index contributed by atoms with van der Waals surface area (Å²) in [5.74, 6) is 1.11. The summed E-state index contributed by atoms with van der Waals surface area (Å²) in [7, 11) is 1.44. The molecule has 1 aliphatic carbocycles. The molecule has 1 aromatic rings. The van der Waals surface area contributed by atoms with Crippen molar-refractivity contribution in [1.29, 1.82) is 0 Å². The van der Waals surface area contributed by atoms with Crippen molar-refractivity contribution in [3.8, 4) is 5.75 Å². The maximum absolute atomic E-state index is 11.0. The number of nitrogens with one attached hydrogen (secondary N) is 1. The molecule has 5 heteroatoms. The van der Waals surface area contributed by atoms with Crippen LogP contribution in [0.3, 0.4) is 0 Å². The third kappa shape index (κ3) is 3.85. The number of benzene rings is 1. The Hall–Kier alpha value is -1.78. The van der Waals surface area contributed by atoms with E-state index in [0.717, 1.165) is 24.6 Å². The van der Waals surface area contributed by atoms with Crippen LogP contribution in [-0.2, 0) is 0 Å². The molecule has 1 aromatic carbocycles. The number of nitro groups is 1. The van der Waals surface area contributed by atoms with Gasteiger partial charge in [-0.25, -0.2) is 0 Å². The van der Waals surface area contributed by atoms with Crippen LogP contribution in [-0.4, -0.2) is 18.6 Å². The molecule has 20 heavy (non-hydrogen) atoms. The van der Waals surface area contributed by atoms with Crippen LogP contribution in [0.25, 0.3) is 0 Å². The molecule has 2 rings (SSSR count). The molecule has 0 aromatic heterocycles. The summed E-state index contributed by atoms with van der Waals surface area (Å²) in [6, 6.07) is 5.01. The van der Waals surface area contributed by atoms with E-state index >= 15 is 0 Å². The highest BCUT2D eigenvalue weighted by Gasteiger charge is 2.16. The first-order valence-electron chi connectivity index (χ1n) is 7.27. The number of anilines is 1. The monoisotopic (exact) mass is 278 g/mol. The minimum absolute atomic E-state index is 0.00941. The van der Waals surface area contributed by atoms with E-state index in [4.69, 9.17) is 4.74 Å². The average Bonchev–Trinajstić information content (AvgIpc) is 2.48. The Morgan fingerprint density at radius 3 is 2.75 bits per heavy atom. The van der Waals surface area contributed by atoms with Crippen LogP contribution < -0.4 is 10.1 Å². The van der Waals surface area contributed by atoms with Gasteiger partial charge in [-0.3, -0.25) is 10.1 Å². The topological polar surface area (TPSA) is 64.4 Å². The van der Waals surface area contributed by atoms with Gasteiger partial charge in [0.25, 0.3) is 0 Å². The lowest BCUT2D eigenvalue weighted by atomic mass is 9.87. The summed E-state index contributed by atoms with van der Waals surface area (Å²) in [4.78, 5) is 10.5. The van der Waals surface area contributed by atoms with Crippen LogP contribution in [0.2, 0.25) is 0 Å². The second kappa shape index (κ2) is 7.12. The quantitative estimate of drug-likeness (QED) is 0.631. The van der Waals surface area contributed by atoms with Gasteiger partial charge in [0.15, 0.2) is 5.75 Å². The first-order valence-corrected chi connectivity index (χ1v) is 7.27. The average molecular weight is 278 g/mol. The molecular formula is C15H22N2O3. The number of ether oxygens (including phenoxy) is 1. The second-order valence-corrected chi connectivity index (χ2v) is 5.36. The van der Waals surface area contributed by atoms with Crippen LogP contribution in [0, 0.1) is 16.0 Å². The predicted molar refractivity (Wildman–Crippen MR) is 79.3 cm³/mol. The van der Waals surface area contributed by atoms with Gasteiger partial charge < -0.3 is 10.1 Å². The first kappa shape index (κ1) is 14.6. The Morgan fingerprint density at radius 1 is 1.35 bits per heavy atom. The van der Waals surface area contributed by atoms with Crippen molar-refractivity contribution in [2.45, 2.75) is 38.5 Å².